The molecule has 6 heteroatoms. The minimum atomic E-state index is -0.406. The fourth-order valence-electron chi connectivity index (χ4n) is 1.28. The molecule has 0 unspecified atom stereocenters. The molecule has 1 rings (SSSR count). The van der Waals surface area contributed by atoms with Gasteiger partial charge in [-0.15, -0.1) is 0 Å². The summed E-state index contributed by atoms with van der Waals surface area (Å²) in [5, 5.41) is 10.5. The number of rotatable bonds is 4. The van der Waals surface area contributed by atoms with Gasteiger partial charge in [0.05, 0.1) is 4.92 Å². The topological polar surface area (TPSA) is 46.4 Å². The monoisotopic (exact) mass is 270 g/mol. The van der Waals surface area contributed by atoms with Crippen molar-refractivity contribution in [2.75, 3.05) is 13.1 Å². The summed E-state index contributed by atoms with van der Waals surface area (Å²) in [6.45, 7) is 5.84. The van der Waals surface area contributed by atoms with Crippen LogP contribution in [-0.4, -0.2) is 27.2 Å². The highest BCUT2D eigenvalue weighted by atomic mass is 32.2. The van der Waals surface area contributed by atoms with Crippen LogP contribution in [0.4, 0.5) is 5.69 Å². The van der Waals surface area contributed by atoms with Crippen LogP contribution < -0.4 is 0 Å². The highest BCUT2D eigenvalue weighted by Gasteiger charge is 2.09. The molecule has 92 valence electrons. The number of nitro groups is 1. The number of benzene rings is 1. The van der Waals surface area contributed by atoms with Crippen molar-refractivity contribution in [3.05, 3.63) is 34.4 Å². The molecule has 17 heavy (non-hydrogen) atoms. The number of nitrogens with zero attached hydrogens (tertiary/aromatic N) is 2. The van der Waals surface area contributed by atoms with Crippen molar-refractivity contribution < 1.29 is 4.92 Å². The van der Waals surface area contributed by atoms with Crippen molar-refractivity contribution in [2.24, 2.45) is 0 Å². The lowest BCUT2D eigenvalue weighted by molar-refractivity contribution is -0.384. The van der Waals surface area contributed by atoms with Crippen molar-refractivity contribution in [3.8, 4) is 0 Å². The first kappa shape index (κ1) is 13.9. The number of hydrogen-bond acceptors (Lipinski definition) is 4. The van der Waals surface area contributed by atoms with Crippen LogP contribution in [-0.2, 0) is 0 Å². The lowest BCUT2D eigenvalue weighted by Gasteiger charge is -2.20. The van der Waals surface area contributed by atoms with E-state index < -0.39 is 4.92 Å². The Morgan fingerprint density at radius 1 is 1.35 bits per heavy atom. The molecule has 4 nitrogen and oxygen atoms in total. The summed E-state index contributed by atoms with van der Waals surface area (Å²) in [4.78, 5) is 13.1. The molecular weight excluding hydrogens is 256 g/mol. The van der Waals surface area contributed by atoms with E-state index in [0.29, 0.717) is 0 Å². The van der Waals surface area contributed by atoms with E-state index in [2.05, 4.69) is 4.90 Å². The summed E-state index contributed by atoms with van der Waals surface area (Å²) in [6.07, 6.45) is 0. The van der Waals surface area contributed by atoms with Crippen LogP contribution in [0.5, 0.6) is 0 Å². The summed E-state index contributed by atoms with van der Waals surface area (Å²) < 4.78 is 0.795. The molecule has 0 aliphatic heterocycles. The van der Waals surface area contributed by atoms with Gasteiger partial charge in [0.2, 0.25) is 0 Å². The standard InChI is InChI=1S/C11H14N2O2S2/c1-3-12(4-2)11(16)17-10-7-5-9(6-8-10)13(14)15/h5-8H,3-4H2,1-2H3. The Balaban J connectivity index is 2.69. The molecule has 0 saturated heterocycles. The fourth-order valence-corrected chi connectivity index (χ4v) is 2.69. The van der Waals surface area contributed by atoms with Gasteiger partial charge in [-0.3, -0.25) is 10.1 Å². The van der Waals surface area contributed by atoms with Gasteiger partial charge >= 0.3 is 0 Å². The van der Waals surface area contributed by atoms with Gasteiger partial charge in [-0.05, 0) is 26.0 Å². The number of hydrogen-bond donors (Lipinski definition) is 0. The molecule has 0 fully saturated rings. The van der Waals surface area contributed by atoms with Gasteiger partial charge in [0.25, 0.3) is 5.69 Å². The molecule has 0 N–H and O–H groups in total. The molecule has 0 spiro atoms. The zero-order chi connectivity index (χ0) is 12.8. The summed E-state index contributed by atoms with van der Waals surface area (Å²) >= 11 is 6.75. The van der Waals surface area contributed by atoms with E-state index in [1.165, 1.54) is 23.9 Å². The molecule has 1 aromatic rings. The fraction of sp³-hybridized carbons (Fsp3) is 0.364. The summed E-state index contributed by atoms with van der Waals surface area (Å²) in [5.74, 6) is 0. The molecular formula is C11H14N2O2S2. The van der Waals surface area contributed by atoms with Crippen molar-refractivity contribution in [3.63, 3.8) is 0 Å². The molecule has 0 aromatic heterocycles. The minimum absolute atomic E-state index is 0.100. The van der Waals surface area contributed by atoms with Gasteiger partial charge < -0.3 is 4.90 Å². The van der Waals surface area contributed by atoms with E-state index in [9.17, 15) is 10.1 Å². The van der Waals surface area contributed by atoms with Gasteiger partial charge in [-0.1, -0.05) is 24.0 Å². The molecule has 0 saturated carbocycles. The number of thioether (sulfide) groups is 1. The number of non-ortho nitro benzene ring substituents is 1. The lowest BCUT2D eigenvalue weighted by atomic mass is 10.3. The van der Waals surface area contributed by atoms with Gasteiger partial charge in [0, 0.05) is 30.1 Å². The maximum absolute atomic E-state index is 10.5. The van der Waals surface area contributed by atoms with E-state index in [-0.39, 0.29) is 5.69 Å². The maximum atomic E-state index is 10.5. The predicted octanol–water partition coefficient (Wildman–Crippen LogP) is 3.31. The summed E-state index contributed by atoms with van der Waals surface area (Å²) in [6, 6.07) is 6.43. The largest absolute Gasteiger partial charge is 0.358 e. The zero-order valence-electron chi connectivity index (χ0n) is 9.75. The Labute approximate surface area is 110 Å². The Morgan fingerprint density at radius 2 is 1.88 bits per heavy atom. The molecule has 0 heterocycles. The molecule has 1 aromatic carbocycles. The van der Waals surface area contributed by atoms with Crippen LogP contribution in [0, 0.1) is 10.1 Å². The third-order valence-electron chi connectivity index (χ3n) is 2.27. The van der Waals surface area contributed by atoms with E-state index in [4.69, 9.17) is 12.2 Å². The van der Waals surface area contributed by atoms with Crippen LogP contribution in [0.1, 0.15) is 13.8 Å². The van der Waals surface area contributed by atoms with E-state index in [1.807, 2.05) is 13.8 Å². The van der Waals surface area contributed by atoms with Crippen molar-refractivity contribution in [2.45, 2.75) is 18.7 Å². The normalized spacial score (nSPS) is 10.0. The second-order valence-corrected chi connectivity index (χ2v) is 5.00. The van der Waals surface area contributed by atoms with Crippen molar-refractivity contribution in [1.29, 1.82) is 0 Å². The van der Waals surface area contributed by atoms with E-state index >= 15 is 0 Å². The average Bonchev–Trinajstić information content (AvgIpc) is 2.31. The van der Waals surface area contributed by atoms with Gasteiger partial charge in [-0.2, -0.15) is 0 Å². The predicted molar refractivity (Wildman–Crippen MR) is 74.5 cm³/mol. The second-order valence-electron chi connectivity index (χ2n) is 3.29. The Hall–Kier alpha value is -1.14. The quantitative estimate of drug-likeness (QED) is 0.363. The summed E-state index contributed by atoms with van der Waals surface area (Å²) in [7, 11) is 0. The van der Waals surface area contributed by atoms with Crippen molar-refractivity contribution in [1.82, 2.24) is 4.90 Å². The molecule has 0 atom stereocenters. The first-order valence-corrected chi connectivity index (χ1v) is 6.52. The number of nitro benzene ring substituents is 1. The molecule has 0 radical (unpaired) electrons. The van der Waals surface area contributed by atoms with Crippen LogP contribution in [0.15, 0.2) is 29.2 Å². The Kier molecular flexibility index (Phi) is 5.37. The second kappa shape index (κ2) is 6.56. The van der Waals surface area contributed by atoms with E-state index in [0.717, 1.165) is 22.3 Å². The third kappa shape index (κ3) is 3.98. The van der Waals surface area contributed by atoms with Crippen LogP contribution in [0.2, 0.25) is 0 Å². The van der Waals surface area contributed by atoms with Crippen molar-refractivity contribution >= 4 is 34.0 Å². The third-order valence-corrected chi connectivity index (χ3v) is 3.72. The first-order chi connectivity index (χ1) is 8.08. The summed E-state index contributed by atoms with van der Waals surface area (Å²) in [5.41, 5.74) is 0.100. The van der Waals surface area contributed by atoms with Crippen LogP contribution in [0.25, 0.3) is 0 Å². The molecule has 0 aliphatic rings. The highest BCUT2D eigenvalue weighted by molar-refractivity contribution is 8.22. The molecule has 0 aliphatic carbocycles. The average molecular weight is 270 g/mol. The molecule has 0 bridgehead atoms. The maximum Gasteiger partial charge on any atom is 0.269 e. The van der Waals surface area contributed by atoms with Gasteiger partial charge in [0.15, 0.2) is 0 Å². The first-order valence-electron chi connectivity index (χ1n) is 5.29. The SMILES string of the molecule is CCN(CC)C(=S)Sc1ccc([N+](=O)[O-])cc1. The van der Waals surface area contributed by atoms with Gasteiger partial charge in [-0.25, -0.2) is 0 Å². The zero-order valence-corrected chi connectivity index (χ0v) is 11.4. The van der Waals surface area contributed by atoms with Crippen LogP contribution >= 0.6 is 24.0 Å². The minimum Gasteiger partial charge on any atom is -0.358 e. The Morgan fingerprint density at radius 3 is 2.29 bits per heavy atom. The number of thiocarbonyl (C=S) groups is 1. The van der Waals surface area contributed by atoms with E-state index in [1.54, 1.807) is 12.1 Å². The highest BCUT2D eigenvalue weighted by Crippen LogP contribution is 2.24. The van der Waals surface area contributed by atoms with Crippen LogP contribution in [0.3, 0.4) is 0 Å². The van der Waals surface area contributed by atoms with Gasteiger partial charge in [0.1, 0.15) is 4.32 Å². The smallest absolute Gasteiger partial charge is 0.269 e. The lowest BCUT2D eigenvalue weighted by Crippen LogP contribution is -2.26. The molecule has 0 amide bonds. The Bertz CT molecular complexity index is 402.